The van der Waals surface area contributed by atoms with Crippen LogP contribution >= 0.6 is 0 Å². The van der Waals surface area contributed by atoms with Crippen molar-refractivity contribution in [2.45, 2.75) is 13.5 Å². The van der Waals surface area contributed by atoms with Gasteiger partial charge in [0.2, 0.25) is 0 Å². The fourth-order valence-electron chi connectivity index (χ4n) is 1.67. The van der Waals surface area contributed by atoms with E-state index in [1.165, 1.54) is 0 Å². The molecule has 0 aliphatic rings. The van der Waals surface area contributed by atoms with Gasteiger partial charge in [-0.1, -0.05) is 36.9 Å². The predicted octanol–water partition coefficient (Wildman–Crippen LogP) is 3.53. The lowest BCUT2D eigenvalue weighted by Crippen LogP contribution is -2.08. The molecule has 0 atom stereocenters. The summed E-state index contributed by atoms with van der Waals surface area (Å²) in [5.41, 5.74) is 1.64. The highest BCUT2D eigenvalue weighted by atomic mass is 16.5. The molecule has 0 saturated heterocycles. The minimum absolute atomic E-state index is 0.151. The van der Waals surface area contributed by atoms with E-state index in [9.17, 15) is 9.59 Å². The van der Waals surface area contributed by atoms with Crippen molar-refractivity contribution in [2.24, 2.45) is 0 Å². The molecular weight excluding hydrogens is 280 g/mol. The van der Waals surface area contributed by atoms with Gasteiger partial charge < -0.3 is 9.47 Å². The molecule has 0 amide bonds. The van der Waals surface area contributed by atoms with Gasteiger partial charge in [0.25, 0.3) is 0 Å². The van der Waals surface area contributed by atoms with Crippen LogP contribution in [0.1, 0.15) is 22.8 Å². The van der Waals surface area contributed by atoms with Crippen LogP contribution in [-0.2, 0) is 16.1 Å². The second-order valence-electron chi connectivity index (χ2n) is 4.76. The van der Waals surface area contributed by atoms with Crippen molar-refractivity contribution in [1.82, 2.24) is 0 Å². The number of esters is 2. The number of hydrogen-bond donors (Lipinski definition) is 0. The second-order valence-corrected chi connectivity index (χ2v) is 4.76. The van der Waals surface area contributed by atoms with E-state index >= 15 is 0 Å². The van der Waals surface area contributed by atoms with Gasteiger partial charge in [-0.25, -0.2) is 9.59 Å². The molecule has 22 heavy (non-hydrogen) atoms. The number of rotatable bonds is 5. The lowest BCUT2D eigenvalue weighted by Gasteiger charge is -2.07. The summed E-state index contributed by atoms with van der Waals surface area (Å²) in [6.07, 6.45) is 0. The molecule has 2 rings (SSSR count). The van der Waals surface area contributed by atoms with Crippen molar-refractivity contribution in [2.75, 3.05) is 0 Å². The Morgan fingerprint density at radius 3 is 2.23 bits per heavy atom. The molecule has 0 aliphatic heterocycles. The largest absolute Gasteiger partial charge is 0.457 e. The fourth-order valence-corrected chi connectivity index (χ4v) is 1.67. The van der Waals surface area contributed by atoms with E-state index in [1.54, 1.807) is 55.5 Å². The Kier molecular flexibility index (Phi) is 5.09. The van der Waals surface area contributed by atoms with E-state index in [1.807, 2.05) is 6.07 Å². The molecule has 0 N–H and O–H groups in total. The van der Waals surface area contributed by atoms with Crippen LogP contribution in [0.2, 0.25) is 0 Å². The zero-order chi connectivity index (χ0) is 15.9. The van der Waals surface area contributed by atoms with E-state index in [0.717, 1.165) is 5.56 Å². The lowest BCUT2D eigenvalue weighted by atomic mass is 10.2. The maximum absolute atomic E-state index is 11.9. The summed E-state index contributed by atoms with van der Waals surface area (Å²) in [5, 5.41) is 0. The van der Waals surface area contributed by atoms with Gasteiger partial charge >= 0.3 is 11.9 Å². The van der Waals surface area contributed by atoms with E-state index in [4.69, 9.17) is 9.47 Å². The van der Waals surface area contributed by atoms with Crippen molar-refractivity contribution >= 4 is 11.9 Å². The summed E-state index contributed by atoms with van der Waals surface area (Å²) < 4.78 is 10.3. The first-order valence-corrected chi connectivity index (χ1v) is 6.75. The van der Waals surface area contributed by atoms with Gasteiger partial charge in [0.05, 0.1) is 5.56 Å². The first-order valence-electron chi connectivity index (χ1n) is 6.75. The molecule has 0 fully saturated rings. The Morgan fingerprint density at radius 1 is 1.00 bits per heavy atom. The predicted molar refractivity (Wildman–Crippen MR) is 82.5 cm³/mol. The maximum Gasteiger partial charge on any atom is 0.343 e. The summed E-state index contributed by atoms with van der Waals surface area (Å²) in [5.74, 6) is -0.412. The van der Waals surface area contributed by atoms with Crippen LogP contribution < -0.4 is 4.74 Å². The summed E-state index contributed by atoms with van der Waals surface area (Å²) >= 11 is 0. The van der Waals surface area contributed by atoms with Gasteiger partial charge in [0.15, 0.2) is 0 Å². The molecule has 0 radical (unpaired) electrons. The normalized spacial score (nSPS) is 9.86. The summed E-state index contributed by atoms with van der Waals surface area (Å²) in [4.78, 5) is 23.2. The third kappa shape index (κ3) is 4.31. The standard InChI is InChI=1S/C18H16O4/c1-13(2)17(19)21-12-14-8-10-16(11-9-14)22-18(20)15-6-4-3-5-7-15/h3-11H,1,12H2,2H3. The van der Waals surface area contributed by atoms with Crippen LogP contribution in [0.4, 0.5) is 0 Å². The molecule has 0 aromatic heterocycles. The van der Waals surface area contributed by atoms with Crippen LogP contribution in [0.5, 0.6) is 5.75 Å². The van der Waals surface area contributed by atoms with Crippen LogP contribution in [0, 0.1) is 0 Å². The van der Waals surface area contributed by atoms with Crippen molar-refractivity contribution in [1.29, 1.82) is 0 Å². The highest BCUT2D eigenvalue weighted by Gasteiger charge is 2.08. The molecular formula is C18H16O4. The summed E-state index contributed by atoms with van der Waals surface area (Å²) in [6, 6.07) is 15.5. The average molecular weight is 296 g/mol. The zero-order valence-corrected chi connectivity index (χ0v) is 12.2. The van der Waals surface area contributed by atoms with Gasteiger partial charge in [-0.2, -0.15) is 0 Å². The molecule has 0 spiro atoms. The summed E-state index contributed by atoms with van der Waals surface area (Å²) in [6.45, 7) is 5.25. The van der Waals surface area contributed by atoms with Crippen molar-refractivity contribution in [3.8, 4) is 5.75 Å². The minimum Gasteiger partial charge on any atom is -0.457 e. The first-order chi connectivity index (χ1) is 10.6. The quantitative estimate of drug-likeness (QED) is 0.481. The third-order valence-corrected chi connectivity index (χ3v) is 2.86. The maximum atomic E-state index is 11.9. The Morgan fingerprint density at radius 2 is 1.64 bits per heavy atom. The molecule has 0 aliphatic carbocycles. The molecule has 4 nitrogen and oxygen atoms in total. The number of benzene rings is 2. The van der Waals surface area contributed by atoms with E-state index in [2.05, 4.69) is 6.58 Å². The Bertz CT molecular complexity index is 672. The second kappa shape index (κ2) is 7.22. The lowest BCUT2D eigenvalue weighted by molar-refractivity contribution is -0.140. The van der Waals surface area contributed by atoms with Crippen molar-refractivity contribution < 1.29 is 19.1 Å². The first kappa shape index (κ1) is 15.5. The van der Waals surface area contributed by atoms with Crippen molar-refractivity contribution in [3.05, 3.63) is 77.9 Å². The van der Waals surface area contributed by atoms with Crippen LogP contribution in [-0.4, -0.2) is 11.9 Å². The highest BCUT2D eigenvalue weighted by Crippen LogP contribution is 2.15. The Hall–Kier alpha value is -2.88. The van der Waals surface area contributed by atoms with Gasteiger partial charge in [0.1, 0.15) is 12.4 Å². The smallest absolute Gasteiger partial charge is 0.343 e. The molecule has 2 aromatic rings. The Balaban J connectivity index is 1.93. The molecule has 2 aromatic carbocycles. The SMILES string of the molecule is C=C(C)C(=O)OCc1ccc(OC(=O)c2ccccc2)cc1. The van der Waals surface area contributed by atoms with Gasteiger partial charge in [-0.15, -0.1) is 0 Å². The van der Waals surface area contributed by atoms with Crippen LogP contribution in [0.25, 0.3) is 0 Å². The Labute approximate surface area is 129 Å². The monoisotopic (exact) mass is 296 g/mol. The van der Waals surface area contributed by atoms with E-state index in [0.29, 0.717) is 16.9 Å². The third-order valence-electron chi connectivity index (χ3n) is 2.86. The van der Waals surface area contributed by atoms with Crippen molar-refractivity contribution in [3.63, 3.8) is 0 Å². The average Bonchev–Trinajstić information content (AvgIpc) is 2.54. The minimum atomic E-state index is -0.431. The molecule has 4 heteroatoms. The molecule has 0 unspecified atom stereocenters. The summed E-state index contributed by atoms with van der Waals surface area (Å²) in [7, 11) is 0. The number of hydrogen-bond acceptors (Lipinski definition) is 4. The highest BCUT2D eigenvalue weighted by molar-refractivity contribution is 5.91. The van der Waals surface area contributed by atoms with Gasteiger partial charge in [0, 0.05) is 5.57 Å². The van der Waals surface area contributed by atoms with E-state index < -0.39 is 11.9 Å². The molecule has 112 valence electrons. The van der Waals surface area contributed by atoms with Crippen LogP contribution in [0.3, 0.4) is 0 Å². The molecule has 0 saturated carbocycles. The molecule has 0 heterocycles. The zero-order valence-electron chi connectivity index (χ0n) is 12.2. The number of carbonyl (C=O) groups is 2. The van der Waals surface area contributed by atoms with Gasteiger partial charge in [-0.3, -0.25) is 0 Å². The fraction of sp³-hybridized carbons (Fsp3) is 0.111. The molecule has 0 bridgehead atoms. The number of ether oxygens (including phenoxy) is 2. The van der Waals surface area contributed by atoms with Gasteiger partial charge in [-0.05, 0) is 36.8 Å². The number of carbonyl (C=O) groups excluding carboxylic acids is 2. The van der Waals surface area contributed by atoms with Crippen LogP contribution in [0.15, 0.2) is 66.7 Å². The van der Waals surface area contributed by atoms with E-state index in [-0.39, 0.29) is 6.61 Å². The topological polar surface area (TPSA) is 52.6 Å².